The summed E-state index contributed by atoms with van der Waals surface area (Å²) in [4.78, 5) is 0. The van der Waals surface area contributed by atoms with E-state index in [0.717, 1.165) is 6.42 Å². The van der Waals surface area contributed by atoms with Crippen molar-refractivity contribution in [2.45, 2.75) is 13.3 Å². The minimum absolute atomic E-state index is 1.08. The number of hydrogen-bond donors (Lipinski definition) is 0. The van der Waals surface area contributed by atoms with Gasteiger partial charge in [0.05, 0.1) is 0 Å². The number of benzene rings is 3. The van der Waals surface area contributed by atoms with Gasteiger partial charge in [0, 0.05) is 0 Å². The van der Waals surface area contributed by atoms with Crippen LogP contribution in [0.2, 0.25) is 0 Å². The zero-order valence-corrected chi connectivity index (χ0v) is 9.33. The first-order valence-electron chi connectivity index (χ1n) is 5.70. The van der Waals surface area contributed by atoms with Gasteiger partial charge >= 0.3 is 0 Å². The molecule has 3 aromatic rings. The van der Waals surface area contributed by atoms with Crippen LogP contribution in [0.25, 0.3) is 21.5 Å². The molecule has 0 heterocycles. The largest absolute Gasteiger partial charge is 0.0614 e. The van der Waals surface area contributed by atoms with Crippen molar-refractivity contribution in [3.8, 4) is 0 Å². The maximum Gasteiger partial charge on any atom is -0.00988 e. The van der Waals surface area contributed by atoms with Crippen LogP contribution in [0.5, 0.6) is 0 Å². The predicted molar refractivity (Wildman–Crippen MR) is 69.7 cm³/mol. The Balaban J connectivity index is 2.46. The maximum absolute atomic E-state index is 3.28. The number of fused-ring (bicyclic) bond motifs is 2. The van der Waals surface area contributed by atoms with Crippen molar-refractivity contribution >= 4 is 21.5 Å². The Labute approximate surface area is 95.5 Å². The van der Waals surface area contributed by atoms with Crippen molar-refractivity contribution in [1.29, 1.82) is 0 Å². The van der Waals surface area contributed by atoms with Gasteiger partial charge in [0.25, 0.3) is 0 Å². The van der Waals surface area contributed by atoms with Crippen LogP contribution in [0, 0.1) is 6.07 Å². The van der Waals surface area contributed by atoms with Crippen molar-refractivity contribution in [2.75, 3.05) is 0 Å². The fourth-order valence-corrected chi connectivity index (χ4v) is 2.27. The van der Waals surface area contributed by atoms with Crippen LogP contribution in [0.1, 0.15) is 12.5 Å². The van der Waals surface area contributed by atoms with E-state index in [-0.39, 0.29) is 0 Å². The van der Waals surface area contributed by atoms with Gasteiger partial charge in [-0.15, -0.1) is 0 Å². The molecule has 0 aliphatic heterocycles. The number of aryl methyl sites for hydroxylation is 1. The molecule has 0 fully saturated rings. The normalized spacial score (nSPS) is 11.1. The Morgan fingerprint density at radius 2 is 1.88 bits per heavy atom. The third-order valence-electron chi connectivity index (χ3n) is 3.13. The quantitative estimate of drug-likeness (QED) is 0.518. The molecule has 0 spiro atoms. The molecule has 3 rings (SSSR count). The van der Waals surface area contributed by atoms with Crippen LogP contribution in [-0.2, 0) is 6.42 Å². The van der Waals surface area contributed by atoms with Crippen molar-refractivity contribution < 1.29 is 0 Å². The fraction of sp³-hybridized carbons (Fsp3) is 0.125. The van der Waals surface area contributed by atoms with E-state index in [0.29, 0.717) is 0 Å². The topological polar surface area (TPSA) is 0 Å². The molecule has 0 saturated heterocycles. The lowest BCUT2D eigenvalue weighted by Crippen LogP contribution is -1.83. The highest BCUT2D eigenvalue weighted by atomic mass is 14.0. The standard InChI is InChI=1S/C16H13/c1-2-12-8-5-9-15-10-13-6-3-4-7-14(13)11-16(12)15/h3-5,7-11H,2H2,1H3. The van der Waals surface area contributed by atoms with Gasteiger partial charge in [0.2, 0.25) is 0 Å². The molecule has 0 heteroatoms. The van der Waals surface area contributed by atoms with E-state index < -0.39 is 0 Å². The van der Waals surface area contributed by atoms with Crippen LogP contribution in [-0.4, -0.2) is 0 Å². The summed E-state index contributed by atoms with van der Waals surface area (Å²) in [6, 6.07) is 20.5. The lowest BCUT2D eigenvalue weighted by Gasteiger charge is -2.06. The highest BCUT2D eigenvalue weighted by molar-refractivity contribution is 5.99. The molecule has 1 radical (unpaired) electrons. The first-order chi connectivity index (χ1) is 7.88. The van der Waals surface area contributed by atoms with Gasteiger partial charge in [-0.25, -0.2) is 0 Å². The molecule has 0 N–H and O–H groups in total. The van der Waals surface area contributed by atoms with E-state index >= 15 is 0 Å². The average molecular weight is 205 g/mol. The Hall–Kier alpha value is -1.82. The summed E-state index contributed by atoms with van der Waals surface area (Å²) in [6.07, 6.45) is 1.08. The van der Waals surface area contributed by atoms with E-state index in [1.165, 1.54) is 27.1 Å². The first kappa shape index (κ1) is 9.41. The van der Waals surface area contributed by atoms with Crippen molar-refractivity contribution in [3.63, 3.8) is 0 Å². The highest BCUT2D eigenvalue weighted by Crippen LogP contribution is 2.25. The van der Waals surface area contributed by atoms with Gasteiger partial charge < -0.3 is 0 Å². The third kappa shape index (κ3) is 1.38. The molecule has 0 saturated carbocycles. The molecule has 0 aliphatic carbocycles. The fourth-order valence-electron chi connectivity index (χ4n) is 2.27. The smallest absolute Gasteiger partial charge is 0.00988 e. The SMILES string of the molecule is CCc1cccc2cc3[c]cccc3cc12. The number of rotatable bonds is 1. The van der Waals surface area contributed by atoms with E-state index in [1.807, 2.05) is 12.1 Å². The van der Waals surface area contributed by atoms with Crippen molar-refractivity contribution in [2.24, 2.45) is 0 Å². The van der Waals surface area contributed by atoms with Crippen LogP contribution in [0.15, 0.2) is 48.5 Å². The first-order valence-corrected chi connectivity index (χ1v) is 5.70. The molecule has 0 aliphatic rings. The Morgan fingerprint density at radius 3 is 2.75 bits per heavy atom. The average Bonchev–Trinajstić information content (AvgIpc) is 2.35. The van der Waals surface area contributed by atoms with E-state index in [9.17, 15) is 0 Å². The van der Waals surface area contributed by atoms with E-state index in [1.54, 1.807) is 0 Å². The summed E-state index contributed by atoms with van der Waals surface area (Å²) in [5.41, 5.74) is 1.42. The molecular formula is C16H13. The summed E-state index contributed by atoms with van der Waals surface area (Å²) in [6.45, 7) is 2.20. The Morgan fingerprint density at radius 1 is 1.00 bits per heavy atom. The highest BCUT2D eigenvalue weighted by Gasteiger charge is 2.01. The van der Waals surface area contributed by atoms with Crippen molar-refractivity contribution in [1.82, 2.24) is 0 Å². The molecule has 0 amide bonds. The molecule has 16 heavy (non-hydrogen) atoms. The van der Waals surface area contributed by atoms with Crippen LogP contribution in [0.4, 0.5) is 0 Å². The predicted octanol–water partition coefficient (Wildman–Crippen LogP) is 4.36. The summed E-state index contributed by atoms with van der Waals surface area (Å²) < 4.78 is 0. The lowest BCUT2D eigenvalue weighted by atomic mass is 9.99. The molecule has 77 valence electrons. The Bertz CT molecular complexity index is 650. The van der Waals surface area contributed by atoms with Crippen LogP contribution in [0.3, 0.4) is 0 Å². The van der Waals surface area contributed by atoms with Crippen LogP contribution >= 0.6 is 0 Å². The van der Waals surface area contributed by atoms with Crippen molar-refractivity contribution in [3.05, 3.63) is 60.2 Å². The van der Waals surface area contributed by atoms with E-state index in [4.69, 9.17) is 0 Å². The molecule has 0 nitrogen and oxygen atoms in total. The molecule has 0 aromatic heterocycles. The lowest BCUT2D eigenvalue weighted by molar-refractivity contribution is 1.16. The second kappa shape index (κ2) is 3.64. The minimum Gasteiger partial charge on any atom is -0.0614 e. The third-order valence-corrected chi connectivity index (χ3v) is 3.13. The molecule has 0 atom stereocenters. The summed E-state index contributed by atoms with van der Waals surface area (Å²) >= 11 is 0. The summed E-state index contributed by atoms with van der Waals surface area (Å²) in [7, 11) is 0. The van der Waals surface area contributed by atoms with Gasteiger partial charge in [-0.2, -0.15) is 0 Å². The molecule has 0 bridgehead atoms. The Kier molecular flexibility index (Phi) is 2.14. The number of hydrogen-bond acceptors (Lipinski definition) is 0. The zero-order chi connectivity index (χ0) is 11.0. The molecule has 0 unspecified atom stereocenters. The monoisotopic (exact) mass is 205 g/mol. The van der Waals surface area contributed by atoms with Gasteiger partial charge in [-0.05, 0) is 51.7 Å². The maximum atomic E-state index is 3.28. The van der Waals surface area contributed by atoms with Gasteiger partial charge in [0.15, 0.2) is 0 Å². The molecular weight excluding hydrogens is 192 g/mol. The summed E-state index contributed by atoms with van der Waals surface area (Å²) in [5, 5.41) is 5.16. The van der Waals surface area contributed by atoms with Gasteiger partial charge in [0.1, 0.15) is 0 Å². The van der Waals surface area contributed by atoms with Gasteiger partial charge in [-0.3, -0.25) is 0 Å². The minimum atomic E-state index is 1.08. The van der Waals surface area contributed by atoms with E-state index in [2.05, 4.69) is 49.4 Å². The zero-order valence-electron chi connectivity index (χ0n) is 9.33. The summed E-state index contributed by atoms with van der Waals surface area (Å²) in [5.74, 6) is 0. The second-order valence-electron chi connectivity index (χ2n) is 4.10. The van der Waals surface area contributed by atoms with Gasteiger partial charge in [-0.1, -0.05) is 43.3 Å². The van der Waals surface area contributed by atoms with Crippen LogP contribution < -0.4 is 0 Å². The molecule has 3 aromatic carbocycles. The second-order valence-corrected chi connectivity index (χ2v) is 4.10.